The van der Waals surface area contributed by atoms with Crippen LogP contribution in [0.4, 0.5) is 14.5 Å². The van der Waals surface area contributed by atoms with E-state index in [1.165, 1.54) is 12.1 Å². The molecule has 0 aliphatic rings. The monoisotopic (exact) mass is 343 g/mol. The van der Waals surface area contributed by atoms with Crippen molar-refractivity contribution >= 4 is 22.5 Å². The number of ether oxygens (including phenoxy) is 1. The van der Waals surface area contributed by atoms with E-state index in [0.29, 0.717) is 22.3 Å². The molecule has 128 valence electrons. The van der Waals surface area contributed by atoms with Crippen molar-refractivity contribution in [3.63, 3.8) is 0 Å². The number of carbonyl (C=O) groups is 1. The average molecular weight is 343 g/mol. The number of rotatable bonds is 4. The predicted molar refractivity (Wildman–Crippen MR) is 90.0 cm³/mol. The van der Waals surface area contributed by atoms with Crippen LogP contribution < -0.4 is 10.1 Å². The molecule has 5 nitrogen and oxygen atoms in total. The smallest absolute Gasteiger partial charge is 0.387 e. The zero-order chi connectivity index (χ0) is 18.0. The third-order valence-electron chi connectivity index (χ3n) is 3.69. The van der Waals surface area contributed by atoms with Crippen molar-refractivity contribution in [3.05, 3.63) is 59.5 Å². The first-order valence-electron chi connectivity index (χ1n) is 7.53. The first-order chi connectivity index (χ1) is 12.0. The molecule has 0 unspecified atom stereocenters. The Hall–Kier alpha value is -3.09. The van der Waals surface area contributed by atoms with Gasteiger partial charge in [0, 0.05) is 34.7 Å². The van der Waals surface area contributed by atoms with Gasteiger partial charge in [0.25, 0.3) is 5.91 Å². The summed E-state index contributed by atoms with van der Waals surface area (Å²) >= 11 is 0. The van der Waals surface area contributed by atoms with Gasteiger partial charge in [0.1, 0.15) is 5.52 Å². The van der Waals surface area contributed by atoms with Crippen molar-refractivity contribution in [1.82, 2.24) is 9.97 Å². The van der Waals surface area contributed by atoms with E-state index in [1.54, 1.807) is 37.5 Å². The number of alkyl halides is 2. The van der Waals surface area contributed by atoms with Crippen LogP contribution in [0.15, 0.2) is 42.7 Å². The first-order valence-corrected chi connectivity index (χ1v) is 7.53. The number of hydrogen-bond acceptors (Lipinski definition) is 4. The molecule has 7 heteroatoms. The second kappa shape index (κ2) is 6.80. The topological polar surface area (TPSA) is 64.1 Å². The summed E-state index contributed by atoms with van der Waals surface area (Å²) in [4.78, 5) is 20.9. The van der Waals surface area contributed by atoms with Gasteiger partial charge in [-0.3, -0.25) is 9.78 Å². The van der Waals surface area contributed by atoms with Gasteiger partial charge in [-0.1, -0.05) is 6.07 Å². The van der Waals surface area contributed by atoms with E-state index in [-0.39, 0.29) is 17.2 Å². The standard InChI is InChI=1S/C18H15F2N3O2/c1-10-9-21-8-7-14(10)23-17(24)13-5-6-15(25-18(19)20)16-12(13)4-3-11(2)22-16/h3-9,18H,1-2H3,(H,21,23,24). The lowest BCUT2D eigenvalue weighted by atomic mass is 10.1. The Morgan fingerprint density at radius 1 is 1.16 bits per heavy atom. The van der Waals surface area contributed by atoms with E-state index in [0.717, 1.165) is 5.56 Å². The maximum atomic E-state index is 12.7. The van der Waals surface area contributed by atoms with Crippen molar-refractivity contribution < 1.29 is 18.3 Å². The number of hydrogen-bond donors (Lipinski definition) is 1. The number of carbonyl (C=O) groups excluding carboxylic acids is 1. The summed E-state index contributed by atoms with van der Waals surface area (Å²) < 4.78 is 29.7. The summed E-state index contributed by atoms with van der Waals surface area (Å²) in [5.74, 6) is -0.432. The highest BCUT2D eigenvalue weighted by molar-refractivity contribution is 6.13. The summed E-state index contributed by atoms with van der Waals surface area (Å²) in [5.41, 5.74) is 2.61. The number of aromatic nitrogens is 2. The molecule has 25 heavy (non-hydrogen) atoms. The highest BCUT2D eigenvalue weighted by atomic mass is 19.3. The molecule has 0 aliphatic heterocycles. The lowest BCUT2D eigenvalue weighted by molar-refractivity contribution is -0.0489. The average Bonchev–Trinajstić information content (AvgIpc) is 2.57. The van der Waals surface area contributed by atoms with Crippen molar-refractivity contribution in [3.8, 4) is 5.75 Å². The van der Waals surface area contributed by atoms with Gasteiger partial charge in [0.2, 0.25) is 0 Å². The summed E-state index contributed by atoms with van der Waals surface area (Å²) in [6.45, 7) is 0.591. The van der Waals surface area contributed by atoms with Crippen molar-refractivity contribution in [2.24, 2.45) is 0 Å². The zero-order valence-corrected chi connectivity index (χ0v) is 13.6. The number of nitrogens with zero attached hydrogens (tertiary/aromatic N) is 2. The molecule has 0 fully saturated rings. The molecule has 3 aromatic rings. The van der Waals surface area contributed by atoms with Crippen LogP contribution in [0.3, 0.4) is 0 Å². The fraction of sp³-hybridized carbons (Fsp3) is 0.167. The second-order valence-corrected chi connectivity index (χ2v) is 5.48. The van der Waals surface area contributed by atoms with E-state index < -0.39 is 6.61 Å². The molecule has 0 spiro atoms. The van der Waals surface area contributed by atoms with Gasteiger partial charge < -0.3 is 10.1 Å². The molecule has 0 saturated carbocycles. The SMILES string of the molecule is Cc1ccc2c(C(=O)Nc3ccncc3C)ccc(OC(F)F)c2n1. The maximum Gasteiger partial charge on any atom is 0.387 e. The normalized spacial score (nSPS) is 10.9. The molecule has 2 heterocycles. The Labute approximate surface area is 142 Å². The fourth-order valence-corrected chi connectivity index (χ4v) is 2.48. The van der Waals surface area contributed by atoms with Crippen LogP contribution in [0.5, 0.6) is 5.75 Å². The Bertz CT molecular complexity index is 945. The molecule has 0 saturated heterocycles. The van der Waals surface area contributed by atoms with Crippen LogP contribution in [0.2, 0.25) is 0 Å². The van der Waals surface area contributed by atoms with E-state index in [4.69, 9.17) is 0 Å². The lowest BCUT2D eigenvalue weighted by Gasteiger charge is -2.13. The highest BCUT2D eigenvalue weighted by Crippen LogP contribution is 2.29. The van der Waals surface area contributed by atoms with Crippen molar-refractivity contribution in [2.75, 3.05) is 5.32 Å². The van der Waals surface area contributed by atoms with Gasteiger partial charge in [0.05, 0.1) is 0 Å². The van der Waals surface area contributed by atoms with Crippen LogP contribution in [0.1, 0.15) is 21.6 Å². The number of halogens is 2. The minimum atomic E-state index is -2.97. The first kappa shape index (κ1) is 16.8. The summed E-state index contributed by atoms with van der Waals surface area (Å²) in [6, 6.07) is 7.84. The van der Waals surface area contributed by atoms with Crippen LogP contribution in [0, 0.1) is 13.8 Å². The van der Waals surface area contributed by atoms with Gasteiger partial charge in [0.15, 0.2) is 5.75 Å². The molecule has 2 aromatic heterocycles. The summed E-state index contributed by atoms with van der Waals surface area (Å²) in [5, 5.41) is 3.24. The van der Waals surface area contributed by atoms with Gasteiger partial charge in [-0.15, -0.1) is 0 Å². The minimum absolute atomic E-state index is 0.0645. The van der Waals surface area contributed by atoms with Gasteiger partial charge >= 0.3 is 6.61 Å². The number of pyridine rings is 2. The molecule has 0 radical (unpaired) electrons. The Kier molecular flexibility index (Phi) is 4.56. The number of fused-ring (bicyclic) bond motifs is 1. The van der Waals surface area contributed by atoms with E-state index >= 15 is 0 Å². The fourth-order valence-electron chi connectivity index (χ4n) is 2.48. The van der Waals surface area contributed by atoms with E-state index in [1.807, 2.05) is 6.92 Å². The number of anilines is 1. The van der Waals surface area contributed by atoms with Gasteiger partial charge in [-0.25, -0.2) is 4.98 Å². The molecule has 0 aliphatic carbocycles. The number of nitrogens with one attached hydrogen (secondary N) is 1. The summed E-state index contributed by atoms with van der Waals surface area (Å²) in [6.07, 6.45) is 3.21. The van der Waals surface area contributed by atoms with Crippen LogP contribution in [0.25, 0.3) is 10.9 Å². The Morgan fingerprint density at radius 2 is 1.96 bits per heavy atom. The molecule has 1 amide bonds. The van der Waals surface area contributed by atoms with E-state index in [9.17, 15) is 13.6 Å². The molecule has 3 rings (SSSR count). The second-order valence-electron chi connectivity index (χ2n) is 5.48. The number of amides is 1. The minimum Gasteiger partial charge on any atom is -0.432 e. The van der Waals surface area contributed by atoms with Crippen LogP contribution >= 0.6 is 0 Å². The van der Waals surface area contributed by atoms with Crippen LogP contribution in [-0.2, 0) is 0 Å². The summed E-state index contributed by atoms with van der Waals surface area (Å²) in [7, 11) is 0. The molecular weight excluding hydrogens is 328 g/mol. The third kappa shape index (κ3) is 3.55. The Morgan fingerprint density at radius 3 is 2.68 bits per heavy atom. The van der Waals surface area contributed by atoms with E-state index in [2.05, 4.69) is 20.0 Å². The number of benzene rings is 1. The van der Waals surface area contributed by atoms with Gasteiger partial charge in [-0.2, -0.15) is 8.78 Å². The Balaban J connectivity index is 2.05. The van der Waals surface area contributed by atoms with Crippen molar-refractivity contribution in [2.45, 2.75) is 20.5 Å². The lowest BCUT2D eigenvalue weighted by Crippen LogP contribution is -2.14. The molecule has 1 aromatic carbocycles. The predicted octanol–water partition coefficient (Wildman–Crippen LogP) is 4.10. The molecule has 0 bridgehead atoms. The number of aryl methyl sites for hydroxylation is 2. The molecule has 1 N–H and O–H groups in total. The third-order valence-corrected chi connectivity index (χ3v) is 3.69. The molecular formula is C18H15F2N3O2. The molecule has 0 atom stereocenters. The van der Waals surface area contributed by atoms with Crippen LogP contribution in [-0.4, -0.2) is 22.5 Å². The zero-order valence-electron chi connectivity index (χ0n) is 13.6. The van der Waals surface area contributed by atoms with Gasteiger partial charge in [-0.05, 0) is 43.7 Å². The maximum absolute atomic E-state index is 12.7. The highest BCUT2D eigenvalue weighted by Gasteiger charge is 2.17. The quantitative estimate of drug-likeness (QED) is 0.775. The largest absolute Gasteiger partial charge is 0.432 e. The van der Waals surface area contributed by atoms with Crippen molar-refractivity contribution in [1.29, 1.82) is 0 Å².